The molecule has 0 saturated carbocycles. The highest BCUT2D eigenvalue weighted by Crippen LogP contribution is 2.19. The molecule has 0 atom stereocenters. The molecule has 1 N–H and O–H groups in total. The van der Waals surface area contributed by atoms with Gasteiger partial charge in [0, 0.05) is 38.8 Å². The van der Waals surface area contributed by atoms with E-state index in [9.17, 15) is 13.2 Å². The van der Waals surface area contributed by atoms with E-state index in [-0.39, 0.29) is 0 Å². The Bertz CT molecular complexity index is 847. The van der Waals surface area contributed by atoms with E-state index in [1.165, 1.54) is 37.4 Å². The van der Waals surface area contributed by atoms with Crippen LogP contribution in [0.2, 0.25) is 0 Å². The number of carboxylic acids is 1. The van der Waals surface area contributed by atoms with E-state index in [0.717, 1.165) is 44.1 Å². The summed E-state index contributed by atoms with van der Waals surface area (Å²) in [5.41, 5.74) is 2.32. The smallest absolute Gasteiger partial charge is 0.475 e. The number of halogens is 3. The normalized spacial score (nSPS) is 17.1. The van der Waals surface area contributed by atoms with Crippen molar-refractivity contribution in [3.8, 4) is 0 Å². The quantitative estimate of drug-likeness (QED) is 0.806. The van der Waals surface area contributed by atoms with Gasteiger partial charge in [0.25, 0.3) is 0 Å². The third-order valence-electron chi connectivity index (χ3n) is 5.15. The number of rotatable bonds is 3. The Morgan fingerprint density at radius 3 is 2.40 bits per heavy atom. The van der Waals surface area contributed by atoms with Gasteiger partial charge in [0.1, 0.15) is 5.82 Å². The van der Waals surface area contributed by atoms with Crippen LogP contribution in [0.15, 0.2) is 18.3 Å². The van der Waals surface area contributed by atoms with Gasteiger partial charge in [0.05, 0.1) is 11.4 Å². The van der Waals surface area contributed by atoms with Crippen molar-refractivity contribution in [3.05, 3.63) is 35.5 Å². The molecule has 0 unspecified atom stereocenters. The second-order valence-corrected chi connectivity index (χ2v) is 7.37. The Morgan fingerprint density at radius 1 is 1.10 bits per heavy atom. The zero-order valence-corrected chi connectivity index (χ0v) is 16.8. The van der Waals surface area contributed by atoms with Crippen molar-refractivity contribution in [1.82, 2.24) is 24.6 Å². The number of imidazole rings is 1. The molecule has 0 aliphatic carbocycles. The average molecular weight is 426 g/mol. The highest BCUT2D eigenvalue weighted by Gasteiger charge is 2.38. The van der Waals surface area contributed by atoms with Gasteiger partial charge in [0.15, 0.2) is 5.82 Å². The SMILES string of the molecule is Cc1ccc(N2CCc3ncc(CN4CCCC4)n3CC2)nn1.O=C(O)C(F)(F)F. The van der Waals surface area contributed by atoms with Crippen molar-refractivity contribution in [2.24, 2.45) is 0 Å². The molecule has 0 aromatic carbocycles. The van der Waals surface area contributed by atoms with Gasteiger partial charge in [0.2, 0.25) is 0 Å². The van der Waals surface area contributed by atoms with Crippen LogP contribution >= 0.6 is 0 Å². The van der Waals surface area contributed by atoms with Crippen LogP contribution in [0.25, 0.3) is 0 Å². The molecule has 0 bridgehead atoms. The Kier molecular flexibility index (Phi) is 6.91. The summed E-state index contributed by atoms with van der Waals surface area (Å²) in [6.07, 6.45) is 0.631. The topological polar surface area (TPSA) is 87.4 Å². The average Bonchev–Trinajstić information content (AvgIpc) is 3.28. The maximum absolute atomic E-state index is 10.6. The summed E-state index contributed by atoms with van der Waals surface area (Å²) in [4.78, 5) is 18.4. The highest BCUT2D eigenvalue weighted by molar-refractivity contribution is 5.73. The number of nitrogens with zero attached hydrogens (tertiary/aromatic N) is 6. The number of anilines is 1. The van der Waals surface area contributed by atoms with Gasteiger partial charge >= 0.3 is 12.1 Å². The largest absolute Gasteiger partial charge is 0.490 e. The van der Waals surface area contributed by atoms with E-state index in [1.807, 2.05) is 13.0 Å². The molecule has 1 saturated heterocycles. The minimum Gasteiger partial charge on any atom is -0.475 e. The van der Waals surface area contributed by atoms with Crippen molar-refractivity contribution in [2.75, 3.05) is 31.1 Å². The molecular formula is C19H25F3N6O2. The molecule has 4 heterocycles. The molecule has 2 aliphatic heterocycles. The number of aliphatic carboxylic acids is 1. The Labute approximate surface area is 172 Å². The molecule has 0 spiro atoms. The van der Waals surface area contributed by atoms with Gasteiger partial charge < -0.3 is 14.6 Å². The minimum atomic E-state index is -5.08. The van der Waals surface area contributed by atoms with Gasteiger partial charge in [-0.15, -0.1) is 5.10 Å². The summed E-state index contributed by atoms with van der Waals surface area (Å²) in [6.45, 7) is 8.37. The lowest BCUT2D eigenvalue weighted by atomic mass is 10.3. The molecule has 8 nitrogen and oxygen atoms in total. The van der Waals surface area contributed by atoms with Crippen LogP contribution in [0.1, 0.15) is 30.1 Å². The lowest BCUT2D eigenvalue weighted by molar-refractivity contribution is -0.192. The number of likely N-dealkylation sites (tertiary alicyclic amines) is 1. The van der Waals surface area contributed by atoms with Crippen LogP contribution in [-0.2, 0) is 24.3 Å². The van der Waals surface area contributed by atoms with Crippen molar-refractivity contribution < 1.29 is 23.1 Å². The van der Waals surface area contributed by atoms with Crippen LogP contribution in [0, 0.1) is 6.92 Å². The summed E-state index contributed by atoms with van der Waals surface area (Å²) in [7, 11) is 0. The van der Waals surface area contributed by atoms with Gasteiger partial charge in [-0.2, -0.15) is 18.3 Å². The zero-order chi connectivity index (χ0) is 21.7. The fourth-order valence-corrected chi connectivity index (χ4v) is 3.58. The summed E-state index contributed by atoms with van der Waals surface area (Å²) in [5.74, 6) is -0.572. The number of fused-ring (bicyclic) bond motifs is 1. The van der Waals surface area contributed by atoms with E-state index >= 15 is 0 Å². The lowest BCUT2D eigenvalue weighted by Crippen LogP contribution is -2.28. The Hall–Kier alpha value is -2.69. The number of aryl methyl sites for hydroxylation is 1. The predicted octanol–water partition coefficient (Wildman–Crippen LogP) is 2.27. The maximum atomic E-state index is 10.6. The van der Waals surface area contributed by atoms with Gasteiger partial charge in [-0.05, 0) is 45.0 Å². The van der Waals surface area contributed by atoms with Crippen molar-refractivity contribution in [1.29, 1.82) is 0 Å². The van der Waals surface area contributed by atoms with Crippen LogP contribution in [0.4, 0.5) is 19.0 Å². The fourth-order valence-electron chi connectivity index (χ4n) is 3.58. The number of carbonyl (C=O) groups is 1. The molecule has 2 aromatic rings. The summed E-state index contributed by atoms with van der Waals surface area (Å²) in [5, 5.41) is 15.6. The van der Waals surface area contributed by atoms with Crippen molar-refractivity contribution in [2.45, 2.75) is 45.5 Å². The fraction of sp³-hybridized carbons (Fsp3) is 0.579. The van der Waals surface area contributed by atoms with Crippen molar-refractivity contribution in [3.63, 3.8) is 0 Å². The lowest BCUT2D eigenvalue weighted by Gasteiger charge is -2.21. The standard InChI is InChI=1S/C17H24N6.C2HF3O2/c1-14-4-5-17(20-19-14)22-9-6-16-18-12-15(23(16)11-10-22)13-21-7-2-3-8-21;3-2(4,5)1(6)7/h4-5,12H,2-3,6-11,13H2,1H3;(H,6,7). The highest BCUT2D eigenvalue weighted by atomic mass is 19.4. The summed E-state index contributed by atoms with van der Waals surface area (Å²) in [6, 6.07) is 4.10. The molecule has 4 rings (SSSR count). The van der Waals surface area contributed by atoms with Crippen LogP contribution < -0.4 is 4.90 Å². The number of hydrogen-bond donors (Lipinski definition) is 1. The van der Waals surface area contributed by atoms with Crippen LogP contribution in [0.3, 0.4) is 0 Å². The predicted molar refractivity (Wildman–Crippen MR) is 103 cm³/mol. The van der Waals surface area contributed by atoms with E-state index in [0.29, 0.717) is 0 Å². The first kappa shape index (κ1) is 22.0. The van der Waals surface area contributed by atoms with Crippen LogP contribution in [0.5, 0.6) is 0 Å². The summed E-state index contributed by atoms with van der Waals surface area (Å²) >= 11 is 0. The number of hydrogen-bond acceptors (Lipinski definition) is 6. The Morgan fingerprint density at radius 2 is 1.80 bits per heavy atom. The van der Waals surface area contributed by atoms with E-state index in [4.69, 9.17) is 9.90 Å². The molecule has 0 amide bonds. The molecule has 2 aliphatic rings. The van der Waals surface area contributed by atoms with E-state index in [2.05, 4.69) is 41.8 Å². The first-order valence-electron chi connectivity index (χ1n) is 9.85. The van der Waals surface area contributed by atoms with Crippen LogP contribution in [-0.4, -0.2) is 68.1 Å². The zero-order valence-electron chi connectivity index (χ0n) is 16.8. The van der Waals surface area contributed by atoms with Gasteiger partial charge in [-0.1, -0.05) is 0 Å². The van der Waals surface area contributed by atoms with E-state index in [1.54, 1.807) is 0 Å². The number of alkyl halides is 3. The maximum Gasteiger partial charge on any atom is 0.490 e. The number of carboxylic acid groups (broad SMARTS) is 1. The Balaban J connectivity index is 0.000000318. The third kappa shape index (κ3) is 5.68. The summed E-state index contributed by atoms with van der Waals surface area (Å²) < 4.78 is 34.2. The molecule has 30 heavy (non-hydrogen) atoms. The molecule has 2 aromatic heterocycles. The first-order chi connectivity index (χ1) is 14.2. The second kappa shape index (κ2) is 9.41. The van der Waals surface area contributed by atoms with Gasteiger partial charge in [-0.25, -0.2) is 9.78 Å². The first-order valence-corrected chi connectivity index (χ1v) is 9.85. The second-order valence-electron chi connectivity index (χ2n) is 7.37. The molecule has 11 heteroatoms. The molecule has 1 fully saturated rings. The molecule has 0 radical (unpaired) electrons. The molecule has 164 valence electrons. The minimum absolute atomic E-state index is 0.956. The van der Waals surface area contributed by atoms with Gasteiger partial charge in [-0.3, -0.25) is 4.90 Å². The monoisotopic (exact) mass is 426 g/mol. The number of aromatic nitrogens is 4. The molecular weight excluding hydrogens is 401 g/mol. The third-order valence-corrected chi connectivity index (χ3v) is 5.15. The van der Waals surface area contributed by atoms with Crippen molar-refractivity contribution >= 4 is 11.8 Å². The van der Waals surface area contributed by atoms with E-state index < -0.39 is 12.1 Å².